The minimum atomic E-state index is -0.526. The molecule has 1 fully saturated rings. The van der Waals surface area contributed by atoms with E-state index in [0.717, 1.165) is 19.4 Å². The molecule has 1 aromatic carbocycles. The molecule has 1 aliphatic rings. The Labute approximate surface area is 118 Å². The number of nitrogens with two attached hydrogens (primary N) is 2. The summed E-state index contributed by atoms with van der Waals surface area (Å²) in [4.78, 5) is 25.2. The molecular weight excluding hydrogens is 266 g/mol. The number of primary amides is 1. The predicted octanol–water partition coefficient (Wildman–Crippen LogP) is 0.771. The highest BCUT2D eigenvalue weighted by Gasteiger charge is 2.28. The van der Waals surface area contributed by atoms with E-state index in [1.807, 2.05) is 0 Å². The molecule has 1 aliphatic heterocycles. The highest BCUT2D eigenvalue weighted by atomic mass is 35.5. The Balaban J connectivity index is 0.00000180. The summed E-state index contributed by atoms with van der Waals surface area (Å²) in [6, 6.07) is 6.61. The van der Waals surface area contributed by atoms with Crippen LogP contribution < -0.4 is 11.5 Å². The lowest BCUT2D eigenvalue weighted by molar-refractivity contribution is 0.0741. The van der Waals surface area contributed by atoms with Crippen molar-refractivity contribution in [3.05, 3.63) is 35.4 Å². The van der Waals surface area contributed by atoms with Crippen LogP contribution in [0.4, 0.5) is 0 Å². The first-order chi connectivity index (χ1) is 8.63. The van der Waals surface area contributed by atoms with Crippen LogP contribution in [0.15, 0.2) is 24.3 Å². The Morgan fingerprint density at radius 3 is 2.63 bits per heavy atom. The molecule has 19 heavy (non-hydrogen) atoms. The Kier molecular flexibility index (Phi) is 5.32. The van der Waals surface area contributed by atoms with Gasteiger partial charge in [0.1, 0.15) is 0 Å². The second kappa shape index (κ2) is 6.54. The number of carbonyl (C=O) groups is 2. The molecule has 4 N–H and O–H groups in total. The molecule has 0 spiro atoms. The Morgan fingerprint density at radius 2 is 2.00 bits per heavy atom. The van der Waals surface area contributed by atoms with Crippen molar-refractivity contribution in [2.24, 2.45) is 11.5 Å². The highest BCUT2D eigenvalue weighted by Crippen LogP contribution is 2.19. The fraction of sp³-hybridized carbons (Fsp3) is 0.385. The van der Waals surface area contributed by atoms with Gasteiger partial charge in [0.25, 0.3) is 5.91 Å². The third-order valence-electron chi connectivity index (χ3n) is 3.30. The molecule has 1 saturated heterocycles. The summed E-state index contributed by atoms with van der Waals surface area (Å²) in [5.41, 5.74) is 11.7. The molecule has 0 radical (unpaired) electrons. The van der Waals surface area contributed by atoms with Crippen LogP contribution in [0.3, 0.4) is 0 Å². The van der Waals surface area contributed by atoms with Crippen molar-refractivity contribution in [3.63, 3.8) is 0 Å². The van der Waals surface area contributed by atoms with Crippen LogP contribution in [-0.2, 0) is 0 Å². The normalized spacial score (nSPS) is 17.9. The number of rotatable bonds is 3. The smallest absolute Gasteiger partial charge is 0.254 e. The molecule has 5 nitrogen and oxygen atoms in total. The minimum Gasteiger partial charge on any atom is -0.366 e. The number of carbonyl (C=O) groups excluding carboxylic acids is 2. The van der Waals surface area contributed by atoms with Crippen molar-refractivity contribution in [3.8, 4) is 0 Å². The first-order valence-electron chi connectivity index (χ1n) is 6.04. The predicted molar refractivity (Wildman–Crippen MR) is 75.3 cm³/mol. The van der Waals surface area contributed by atoms with Crippen LogP contribution in [0, 0.1) is 0 Å². The number of nitrogens with zero attached hydrogens (tertiary/aromatic N) is 1. The maximum absolute atomic E-state index is 12.3. The van der Waals surface area contributed by atoms with E-state index in [-0.39, 0.29) is 24.4 Å². The van der Waals surface area contributed by atoms with Crippen LogP contribution >= 0.6 is 12.4 Å². The maximum atomic E-state index is 12.3. The number of hydrogen-bond donors (Lipinski definition) is 2. The molecule has 0 saturated carbocycles. The summed E-state index contributed by atoms with van der Waals surface area (Å²) < 4.78 is 0. The zero-order valence-corrected chi connectivity index (χ0v) is 11.4. The SMILES string of the molecule is Cl.NCC1CCCN1C(=O)c1cccc(C(N)=O)c1. The van der Waals surface area contributed by atoms with Gasteiger partial charge in [-0.25, -0.2) is 0 Å². The third-order valence-corrected chi connectivity index (χ3v) is 3.30. The molecule has 0 bridgehead atoms. The number of hydrogen-bond acceptors (Lipinski definition) is 3. The van der Waals surface area contributed by atoms with Crippen LogP contribution in [0.1, 0.15) is 33.6 Å². The molecule has 2 rings (SSSR count). The first kappa shape index (κ1) is 15.5. The Morgan fingerprint density at radius 1 is 1.32 bits per heavy atom. The van der Waals surface area contributed by atoms with E-state index in [1.54, 1.807) is 23.1 Å². The second-order valence-corrected chi connectivity index (χ2v) is 4.48. The molecular formula is C13H18ClN3O2. The molecule has 6 heteroatoms. The summed E-state index contributed by atoms with van der Waals surface area (Å²) >= 11 is 0. The van der Waals surface area contributed by atoms with E-state index >= 15 is 0 Å². The van der Waals surface area contributed by atoms with Gasteiger partial charge in [-0.3, -0.25) is 9.59 Å². The average molecular weight is 284 g/mol. The lowest BCUT2D eigenvalue weighted by Gasteiger charge is -2.23. The molecule has 1 heterocycles. The third kappa shape index (κ3) is 3.24. The zero-order chi connectivity index (χ0) is 13.1. The van der Waals surface area contributed by atoms with Crippen molar-refractivity contribution >= 4 is 24.2 Å². The van der Waals surface area contributed by atoms with E-state index in [1.165, 1.54) is 6.07 Å². The molecule has 0 aliphatic carbocycles. The van der Waals surface area contributed by atoms with Crippen molar-refractivity contribution in [2.75, 3.05) is 13.1 Å². The largest absolute Gasteiger partial charge is 0.366 e. The number of halogens is 1. The lowest BCUT2D eigenvalue weighted by Crippen LogP contribution is -2.40. The van der Waals surface area contributed by atoms with Crippen LogP contribution in [-0.4, -0.2) is 35.8 Å². The molecule has 1 aromatic rings. The van der Waals surface area contributed by atoms with E-state index in [4.69, 9.17) is 11.5 Å². The summed E-state index contributed by atoms with van der Waals surface area (Å²) in [6.07, 6.45) is 1.92. The minimum absolute atomic E-state index is 0. The highest BCUT2D eigenvalue weighted by molar-refractivity contribution is 5.99. The average Bonchev–Trinajstić information content (AvgIpc) is 2.86. The molecule has 104 valence electrons. The van der Waals surface area contributed by atoms with Gasteiger partial charge >= 0.3 is 0 Å². The summed E-state index contributed by atoms with van der Waals surface area (Å²) in [5.74, 6) is -0.604. The fourth-order valence-corrected chi connectivity index (χ4v) is 2.32. The number of benzene rings is 1. The molecule has 1 unspecified atom stereocenters. The van der Waals surface area contributed by atoms with Crippen molar-refractivity contribution in [1.29, 1.82) is 0 Å². The van der Waals surface area contributed by atoms with Gasteiger partial charge < -0.3 is 16.4 Å². The van der Waals surface area contributed by atoms with Crippen LogP contribution in [0.2, 0.25) is 0 Å². The standard InChI is InChI=1S/C13H17N3O2.ClH/c14-8-11-5-2-6-16(11)13(18)10-4-1-3-9(7-10)12(15)17;/h1,3-4,7,11H,2,5-6,8,14H2,(H2,15,17);1H. The number of amides is 2. The van der Waals surface area contributed by atoms with Gasteiger partial charge in [-0.05, 0) is 31.0 Å². The maximum Gasteiger partial charge on any atom is 0.254 e. The van der Waals surface area contributed by atoms with E-state index in [0.29, 0.717) is 17.7 Å². The van der Waals surface area contributed by atoms with E-state index in [2.05, 4.69) is 0 Å². The summed E-state index contributed by atoms with van der Waals surface area (Å²) in [6.45, 7) is 1.20. The fourth-order valence-electron chi connectivity index (χ4n) is 2.32. The molecule has 0 aromatic heterocycles. The Bertz CT molecular complexity index is 479. The van der Waals surface area contributed by atoms with E-state index < -0.39 is 5.91 Å². The monoisotopic (exact) mass is 283 g/mol. The van der Waals surface area contributed by atoms with Gasteiger partial charge in [-0.15, -0.1) is 12.4 Å². The zero-order valence-electron chi connectivity index (χ0n) is 10.5. The second-order valence-electron chi connectivity index (χ2n) is 4.48. The first-order valence-corrected chi connectivity index (χ1v) is 6.04. The van der Waals surface area contributed by atoms with Crippen LogP contribution in [0.25, 0.3) is 0 Å². The van der Waals surface area contributed by atoms with Gasteiger partial charge in [-0.1, -0.05) is 6.07 Å². The van der Waals surface area contributed by atoms with Gasteiger partial charge in [0.05, 0.1) is 0 Å². The lowest BCUT2D eigenvalue weighted by atomic mass is 10.1. The van der Waals surface area contributed by atoms with E-state index in [9.17, 15) is 9.59 Å². The van der Waals surface area contributed by atoms with Gasteiger partial charge in [0.15, 0.2) is 0 Å². The number of likely N-dealkylation sites (tertiary alicyclic amines) is 1. The van der Waals surface area contributed by atoms with Gasteiger partial charge in [-0.2, -0.15) is 0 Å². The van der Waals surface area contributed by atoms with Gasteiger partial charge in [0.2, 0.25) is 5.91 Å². The van der Waals surface area contributed by atoms with Crippen molar-refractivity contribution < 1.29 is 9.59 Å². The Hall–Kier alpha value is -1.59. The quantitative estimate of drug-likeness (QED) is 0.859. The van der Waals surface area contributed by atoms with Crippen LogP contribution in [0.5, 0.6) is 0 Å². The molecule has 1 atom stereocenters. The van der Waals surface area contributed by atoms with Crippen molar-refractivity contribution in [2.45, 2.75) is 18.9 Å². The van der Waals surface area contributed by atoms with Crippen molar-refractivity contribution in [1.82, 2.24) is 4.90 Å². The summed E-state index contributed by atoms with van der Waals surface area (Å²) in [5, 5.41) is 0. The topological polar surface area (TPSA) is 89.4 Å². The molecule has 2 amide bonds. The van der Waals surface area contributed by atoms with Gasteiger partial charge in [0, 0.05) is 30.3 Å². The summed E-state index contributed by atoms with van der Waals surface area (Å²) in [7, 11) is 0.